The van der Waals surface area contributed by atoms with E-state index in [9.17, 15) is 13.6 Å². The zero-order valence-electron chi connectivity index (χ0n) is 15.0. The summed E-state index contributed by atoms with van der Waals surface area (Å²) in [6.07, 6.45) is 0. The lowest BCUT2D eigenvalue weighted by Crippen LogP contribution is -2.27. The average Bonchev–Trinajstić information content (AvgIpc) is 2.61. The van der Waals surface area contributed by atoms with Gasteiger partial charge in [0.15, 0.2) is 11.5 Å². The Labute approximate surface area is 150 Å². The first kappa shape index (κ1) is 19.5. The molecule has 0 aliphatic carbocycles. The van der Waals surface area contributed by atoms with Crippen molar-refractivity contribution in [1.82, 2.24) is 5.32 Å². The zero-order valence-corrected chi connectivity index (χ0v) is 15.0. The lowest BCUT2D eigenvalue weighted by molar-refractivity contribution is -0.0515. The topological polar surface area (TPSA) is 56.8 Å². The molecule has 1 unspecified atom stereocenters. The Morgan fingerprint density at radius 2 is 1.77 bits per heavy atom. The third-order valence-electron chi connectivity index (χ3n) is 3.85. The van der Waals surface area contributed by atoms with Crippen LogP contribution in [0.1, 0.15) is 34.5 Å². The van der Waals surface area contributed by atoms with Gasteiger partial charge in [-0.2, -0.15) is 8.78 Å². The number of hydrogen-bond acceptors (Lipinski definition) is 4. The second-order valence-electron chi connectivity index (χ2n) is 5.66. The predicted molar refractivity (Wildman–Crippen MR) is 93.2 cm³/mol. The number of nitrogens with one attached hydrogen (secondary N) is 1. The van der Waals surface area contributed by atoms with Crippen LogP contribution < -0.4 is 19.5 Å². The fourth-order valence-electron chi connectivity index (χ4n) is 2.61. The standard InChI is InChI=1S/C19H21F2NO4/c1-11-8-9-15(24-3)14(10-11)12(2)22-18(23)13-6-5-7-16(25-4)17(13)26-19(20)21/h5-10,12,19H,1-4H3,(H,22,23). The number of rotatable bonds is 7. The molecule has 140 valence electrons. The highest BCUT2D eigenvalue weighted by Gasteiger charge is 2.22. The third-order valence-corrected chi connectivity index (χ3v) is 3.85. The molecule has 1 atom stereocenters. The van der Waals surface area contributed by atoms with Gasteiger partial charge in [-0.3, -0.25) is 4.79 Å². The van der Waals surface area contributed by atoms with Crippen molar-refractivity contribution < 1.29 is 27.8 Å². The van der Waals surface area contributed by atoms with E-state index in [0.717, 1.165) is 11.1 Å². The maximum absolute atomic E-state index is 12.7. The quantitative estimate of drug-likeness (QED) is 0.802. The molecule has 2 aromatic carbocycles. The van der Waals surface area contributed by atoms with Gasteiger partial charge in [0.25, 0.3) is 5.91 Å². The largest absolute Gasteiger partial charge is 0.496 e. The van der Waals surface area contributed by atoms with Crippen LogP contribution in [0.4, 0.5) is 8.78 Å². The van der Waals surface area contributed by atoms with Gasteiger partial charge in [-0.05, 0) is 32.0 Å². The van der Waals surface area contributed by atoms with Gasteiger partial charge in [0.05, 0.1) is 25.8 Å². The molecule has 0 aliphatic heterocycles. The van der Waals surface area contributed by atoms with E-state index < -0.39 is 18.6 Å². The predicted octanol–water partition coefficient (Wildman–Crippen LogP) is 4.10. The summed E-state index contributed by atoms with van der Waals surface area (Å²) >= 11 is 0. The monoisotopic (exact) mass is 365 g/mol. The molecule has 2 aromatic rings. The lowest BCUT2D eigenvalue weighted by Gasteiger charge is -2.19. The Hall–Kier alpha value is -2.83. The average molecular weight is 365 g/mol. The summed E-state index contributed by atoms with van der Waals surface area (Å²) in [7, 11) is 2.86. The molecule has 0 spiro atoms. The minimum Gasteiger partial charge on any atom is -0.496 e. The number of aryl methyl sites for hydroxylation is 1. The highest BCUT2D eigenvalue weighted by Crippen LogP contribution is 2.33. The third kappa shape index (κ3) is 4.41. The first-order valence-electron chi connectivity index (χ1n) is 7.94. The van der Waals surface area contributed by atoms with Crippen LogP contribution in [-0.2, 0) is 0 Å². The van der Waals surface area contributed by atoms with E-state index in [4.69, 9.17) is 9.47 Å². The number of hydrogen-bond donors (Lipinski definition) is 1. The molecule has 26 heavy (non-hydrogen) atoms. The van der Waals surface area contributed by atoms with Crippen molar-refractivity contribution in [3.05, 3.63) is 53.1 Å². The minimum atomic E-state index is -3.08. The summed E-state index contributed by atoms with van der Waals surface area (Å²) in [6, 6.07) is 9.56. The summed E-state index contributed by atoms with van der Waals surface area (Å²) in [5, 5.41) is 2.78. The second-order valence-corrected chi connectivity index (χ2v) is 5.66. The van der Waals surface area contributed by atoms with Gasteiger partial charge < -0.3 is 19.5 Å². The number of alkyl halides is 2. The number of benzene rings is 2. The molecule has 0 radical (unpaired) electrons. The van der Waals surface area contributed by atoms with Crippen molar-refractivity contribution in [1.29, 1.82) is 0 Å². The molecular formula is C19H21F2NO4. The number of amides is 1. The van der Waals surface area contributed by atoms with Gasteiger partial charge in [0, 0.05) is 5.56 Å². The maximum atomic E-state index is 12.7. The van der Waals surface area contributed by atoms with Crippen molar-refractivity contribution >= 4 is 5.91 Å². The van der Waals surface area contributed by atoms with Crippen LogP contribution in [0.25, 0.3) is 0 Å². The van der Waals surface area contributed by atoms with E-state index >= 15 is 0 Å². The van der Waals surface area contributed by atoms with E-state index in [0.29, 0.717) is 5.75 Å². The van der Waals surface area contributed by atoms with Crippen LogP contribution in [0.3, 0.4) is 0 Å². The van der Waals surface area contributed by atoms with Gasteiger partial charge in [0.1, 0.15) is 5.75 Å². The van der Waals surface area contributed by atoms with Crippen molar-refractivity contribution in [2.75, 3.05) is 14.2 Å². The van der Waals surface area contributed by atoms with Gasteiger partial charge in [0.2, 0.25) is 0 Å². The van der Waals surface area contributed by atoms with E-state index in [1.807, 2.05) is 25.1 Å². The molecule has 0 aliphatic rings. The first-order valence-corrected chi connectivity index (χ1v) is 7.94. The number of carbonyl (C=O) groups excluding carboxylic acids is 1. The summed E-state index contributed by atoms with van der Waals surface area (Å²) in [5.41, 5.74) is 1.74. The summed E-state index contributed by atoms with van der Waals surface area (Å²) in [4.78, 5) is 12.7. The molecule has 0 saturated carbocycles. The normalized spacial score (nSPS) is 11.8. The number of halogens is 2. The highest BCUT2D eigenvalue weighted by molar-refractivity contribution is 5.98. The molecule has 0 aromatic heterocycles. The number of methoxy groups -OCH3 is 2. The van der Waals surface area contributed by atoms with E-state index in [2.05, 4.69) is 10.1 Å². The fraction of sp³-hybridized carbons (Fsp3) is 0.316. The van der Waals surface area contributed by atoms with Gasteiger partial charge in [-0.25, -0.2) is 0 Å². The van der Waals surface area contributed by atoms with Gasteiger partial charge in [-0.15, -0.1) is 0 Å². The molecule has 7 heteroatoms. The highest BCUT2D eigenvalue weighted by atomic mass is 19.3. The van der Waals surface area contributed by atoms with Crippen molar-refractivity contribution in [2.24, 2.45) is 0 Å². The molecule has 0 heterocycles. The van der Waals surface area contributed by atoms with Crippen LogP contribution in [-0.4, -0.2) is 26.7 Å². The molecule has 0 saturated heterocycles. The van der Waals surface area contributed by atoms with E-state index in [1.165, 1.54) is 25.3 Å². The minimum absolute atomic E-state index is 0.0388. The van der Waals surface area contributed by atoms with Crippen molar-refractivity contribution in [2.45, 2.75) is 26.5 Å². The Morgan fingerprint density at radius 3 is 2.38 bits per heavy atom. The van der Waals surface area contributed by atoms with Gasteiger partial charge >= 0.3 is 6.61 Å². The molecule has 0 fully saturated rings. The molecule has 1 N–H and O–H groups in total. The van der Waals surface area contributed by atoms with Crippen LogP contribution >= 0.6 is 0 Å². The summed E-state index contributed by atoms with van der Waals surface area (Å²) < 4.78 is 40.3. The van der Waals surface area contributed by atoms with Crippen LogP contribution in [0.15, 0.2) is 36.4 Å². The van der Waals surface area contributed by atoms with Crippen LogP contribution in [0.2, 0.25) is 0 Å². The number of carbonyl (C=O) groups is 1. The van der Waals surface area contributed by atoms with E-state index in [-0.39, 0.29) is 17.1 Å². The Kier molecular flexibility index (Phi) is 6.38. The lowest BCUT2D eigenvalue weighted by atomic mass is 10.0. The summed E-state index contributed by atoms with van der Waals surface area (Å²) in [5.74, 6) is -0.182. The van der Waals surface area contributed by atoms with Crippen LogP contribution in [0, 0.1) is 6.92 Å². The van der Waals surface area contributed by atoms with Crippen molar-refractivity contribution in [3.63, 3.8) is 0 Å². The molecular weight excluding hydrogens is 344 g/mol. The van der Waals surface area contributed by atoms with Crippen molar-refractivity contribution in [3.8, 4) is 17.2 Å². The summed E-state index contributed by atoms with van der Waals surface area (Å²) in [6.45, 7) is 0.629. The second kappa shape index (κ2) is 8.51. The Morgan fingerprint density at radius 1 is 1.08 bits per heavy atom. The first-order chi connectivity index (χ1) is 12.4. The molecule has 1 amide bonds. The smallest absolute Gasteiger partial charge is 0.387 e. The number of para-hydroxylation sites is 1. The Balaban J connectivity index is 2.31. The number of ether oxygens (including phenoxy) is 3. The fourth-order valence-corrected chi connectivity index (χ4v) is 2.61. The molecule has 0 bridgehead atoms. The zero-order chi connectivity index (χ0) is 19.3. The molecule has 2 rings (SSSR count). The molecule has 5 nitrogen and oxygen atoms in total. The van der Waals surface area contributed by atoms with Crippen LogP contribution in [0.5, 0.6) is 17.2 Å². The SMILES string of the molecule is COc1ccc(C)cc1C(C)NC(=O)c1cccc(OC)c1OC(F)F. The maximum Gasteiger partial charge on any atom is 0.387 e. The van der Waals surface area contributed by atoms with Gasteiger partial charge in [-0.1, -0.05) is 23.8 Å². The van der Waals surface area contributed by atoms with E-state index in [1.54, 1.807) is 14.0 Å². The Bertz CT molecular complexity index is 780.